The molecule has 0 amide bonds. The lowest BCUT2D eigenvalue weighted by Crippen LogP contribution is -2.03. The molecule has 5 heteroatoms. The molecule has 90 valence electrons. The van der Waals surface area contributed by atoms with E-state index in [1.165, 1.54) is 12.1 Å². The van der Waals surface area contributed by atoms with Crippen molar-refractivity contribution >= 4 is 5.69 Å². The van der Waals surface area contributed by atoms with Gasteiger partial charge in [0.05, 0.1) is 4.92 Å². The minimum absolute atomic E-state index is 0. The molecular weight excluding hydrogens is 230 g/mol. The number of non-ortho nitro benzene ring substituents is 1. The number of hydrogen-bond acceptors (Lipinski definition) is 4. The van der Waals surface area contributed by atoms with E-state index in [2.05, 4.69) is 4.98 Å². The maximum atomic E-state index is 10.5. The molecule has 0 aliphatic rings. The highest BCUT2D eigenvalue weighted by molar-refractivity contribution is 5.34. The van der Waals surface area contributed by atoms with Crippen molar-refractivity contribution < 1.29 is 6.35 Å². The molecular formula is C13H12N3O2+. The molecule has 0 saturated heterocycles. The van der Waals surface area contributed by atoms with E-state index < -0.39 is 4.92 Å². The van der Waals surface area contributed by atoms with Gasteiger partial charge in [-0.15, -0.1) is 0 Å². The predicted molar refractivity (Wildman–Crippen MR) is 67.1 cm³/mol. The van der Waals surface area contributed by atoms with Gasteiger partial charge in [0.1, 0.15) is 5.49 Å². The highest BCUT2D eigenvalue weighted by atomic mass is 16.6. The Morgan fingerprint density at radius 2 is 1.83 bits per heavy atom. The van der Waals surface area contributed by atoms with Crippen LogP contribution in [0.3, 0.4) is 0 Å². The van der Waals surface area contributed by atoms with Crippen LogP contribution in [0.2, 0.25) is 0 Å². The topological polar surface area (TPSA) is 79.9 Å². The lowest BCUT2D eigenvalue weighted by Gasteiger charge is -1.98. The van der Waals surface area contributed by atoms with E-state index in [1.807, 2.05) is 12.1 Å². The largest absolute Gasteiger partial charge is 1.00 e. The molecule has 0 fully saturated rings. The molecule has 0 spiro atoms. The van der Waals surface area contributed by atoms with E-state index >= 15 is 0 Å². The van der Waals surface area contributed by atoms with E-state index in [1.54, 1.807) is 24.3 Å². The molecule has 2 aromatic rings. The Balaban J connectivity index is 0.00000180. The maximum absolute atomic E-state index is 10.5. The minimum Gasteiger partial charge on any atom is -0.283 e. The zero-order valence-corrected chi connectivity index (χ0v) is 9.54. The van der Waals surface area contributed by atoms with Gasteiger partial charge in [-0.05, 0) is 17.7 Å². The van der Waals surface area contributed by atoms with Crippen molar-refractivity contribution in [2.45, 2.75) is 6.42 Å². The van der Waals surface area contributed by atoms with Gasteiger partial charge in [0, 0.05) is 24.2 Å². The van der Waals surface area contributed by atoms with E-state index in [9.17, 15) is 10.1 Å². The van der Waals surface area contributed by atoms with Gasteiger partial charge in [-0.2, -0.15) is 0 Å². The molecule has 0 aliphatic carbocycles. The van der Waals surface area contributed by atoms with Crippen LogP contribution >= 0.6 is 0 Å². The van der Waals surface area contributed by atoms with E-state index in [4.69, 9.17) is 5.41 Å². The van der Waals surface area contributed by atoms with Gasteiger partial charge in [-0.25, -0.2) is 4.98 Å². The van der Waals surface area contributed by atoms with Crippen molar-refractivity contribution in [3.63, 3.8) is 0 Å². The second kappa shape index (κ2) is 5.18. The van der Waals surface area contributed by atoms with Gasteiger partial charge >= 0.3 is 1.43 Å². The van der Waals surface area contributed by atoms with Gasteiger partial charge in [-0.3, -0.25) is 15.5 Å². The van der Waals surface area contributed by atoms with Crippen molar-refractivity contribution in [3.8, 4) is 0 Å². The fraction of sp³-hybridized carbons (Fsp3) is 0.0769. The third-order valence-electron chi connectivity index (χ3n) is 2.45. The quantitative estimate of drug-likeness (QED) is 0.661. The molecule has 0 unspecified atom stereocenters. The number of nitro benzene ring substituents is 1. The fourth-order valence-electron chi connectivity index (χ4n) is 1.59. The van der Waals surface area contributed by atoms with E-state index in [0.29, 0.717) is 6.42 Å². The number of nitro groups is 1. The second-order valence-corrected chi connectivity index (χ2v) is 3.81. The molecule has 0 saturated carbocycles. The average Bonchev–Trinajstić information content (AvgIpc) is 2.54. The SMILES string of the molecule is N=c1ccccc(Cc2ccc([N+](=O)[O-])cc2)n1.[H+]. The third kappa shape index (κ3) is 2.98. The summed E-state index contributed by atoms with van der Waals surface area (Å²) in [6.45, 7) is 0. The molecule has 0 aliphatic heterocycles. The normalized spacial score (nSPS) is 10.0. The van der Waals surface area contributed by atoms with Gasteiger partial charge in [0.15, 0.2) is 0 Å². The van der Waals surface area contributed by atoms with Gasteiger partial charge < -0.3 is 0 Å². The summed E-state index contributed by atoms with van der Waals surface area (Å²) >= 11 is 0. The van der Waals surface area contributed by atoms with Crippen LogP contribution < -0.4 is 5.49 Å². The summed E-state index contributed by atoms with van der Waals surface area (Å²) in [7, 11) is 0. The Kier molecular flexibility index (Phi) is 3.43. The Labute approximate surface area is 105 Å². The van der Waals surface area contributed by atoms with Crippen LogP contribution in [-0.2, 0) is 6.42 Å². The number of hydrogen-bond donors (Lipinski definition) is 1. The standard InChI is InChI=1S/C13H11N3O2/c14-13-4-2-1-3-11(15-13)9-10-5-7-12(8-6-10)16(17)18/h1-8,14H,9H2/p+1. The summed E-state index contributed by atoms with van der Waals surface area (Å²) in [4.78, 5) is 14.2. The molecule has 5 nitrogen and oxygen atoms in total. The monoisotopic (exact) mass is 242 g/mol. The van der Waals surface area contributed by atoms with Crippen LogP contribution in [-0.4, -0.2) is 9.91 Å². The smallest absolute Gasteiger partial charge is 0.283 e. The third-order valence-corrected chi connectivity index (χ3v) is 2.45. The second-order valence-electron chi connectivity index (χ2n) is 3.81. The minimum atomic E-state index is -0.424. The first-order valence-corrected chi connectivity index (χ1v) is 5.39. The zero-order chi connectivity index (χ0) is 13.0. The summed E-state index contributed by atoms with van der Waals surface area (Å²) in [6, 6.07) is 13.4. The Morgan fingerprint density at radius 3 is 2.50 bits per heavy atom. The molecule has 1 N–H and O–H groups in total. The van der Waals surface area contributed by atoms with Crippen LogP contribution in [0.15, 0.2) is 48.5 Å². The summed E-state index contributed by atoms with van der Waals surface area (Å²) < 4.78 is 0. The van der Waals surface area contributed by atoms with Crippen LogP contribution in [0.5, 0.6) is 0 Å². The molecule has 1 aromatic heterocycles. The molecule has 0 bridgehead atoms. The predicted octanol–water partition coefficient (Wildman–Crippen LogP) is 2.17. The highest BCUT2D eigenvalue weighted by Crippen LogP contribution is 2.13. The van der Waals surface area contributed by atoms with Crippen LogP contribution in [0.25, 0.3) is 0 Å². The summed E-state index contributed by atoms with van der Waals surface area (Å²) in [6.07, 6.45) is 0.554. The Morgan fingerprint density at radius 1 is 1.17 bits per heavy atom. The average molecular weight is 242 g/mol. The number of aromatic nitrogens is 1. The number of benzene rings is 1. The lowest BCUT2D eigenvalue weighted by atomic mass is 10.1. The fourth-order valence-corrected chi connectivity index (χ4v) is 1.59. The molecule has 1 heterocycles. The van der Waals surface area contributed by atoms with E-state index in [0.717, 1.165) is 11.3 Å². The Hall–Kier alpha value is -2.56. The summed E-state index contributed by atoms with van der Waals surface area (Å²) in [5.41, 5.74) is 1.97. The van der Waals surface area contributed by atoms with Crippen molar-refractivity contribution in [2.24, 2.45) is 0 Å². The van der Waals surface area contributed by atoms with E-state index in [-0.39, 0.29) is 12.6 Å². The first-order chi connectivity index (χ1) is 8.65. The molecule has 0 atom stereocenters. The Bertz CT molecular complexity index is 629. The molecule has 18 heavy (non-hydrogen) atoms. The zero-order valence-electron chi connectivity index (χ0n) is 10.5. The number of nitrogens with one attached hydrogen (secondary N) is 1. The van der Waals surface area contributed by atoms with Crippen molar-refractivity contribution in [1.82, 2.24) is 4.98 Å². The number of rotatable bonds is 3. The van der Waals surface area contributed by atoms with Crippen molar-refractivity contribution in [3.05, 3.63) is 75.4 Å². The van der Waals surface area contributed by atoms with Crippen molar-refractivity contribution in [1.29, 1.82) is 5.41 Å². The highest BCUT2D eigenvalue weighted by Gasteiger charge is 2.04. The number of nitrogens with zero attached hydrogens (tertiary/aromatic N) is 2. The summed E-state index contributed by atoms with van der Waals surface area (Å²) in [5, 5.41) is 18.0. The van der Waals surface area contributed by atoms with Crippen LogP contribution in [0.4, 0.5) is 5.69 Å². The van der Waals surface area contributed by atoms with Gasteiger partial charge in [0.2, 0.25) is 0 Å². The molecule has 1 aromatic carbocycles. The lowest BCUT2D eigenvalue weighted by molar-refractivity contribution is -0.384. The first-order valence-electron chi connectivity index (χ1n) is 5.39. The summed E-state index contributed by atoms with van der Waals surface area (Å²) in [5.74, 6) is 0. The van der Waals surface area contributed by atoms with Crippen LogP contribution in [0.1, 0.15) is 12.7 Å². The molecule has 2 rings (SSSR count). The maximum Gasteiger partial charge on any atom is 1.00 e. The van der Waals surface area contributed by atoms with Gasteiger partial charge in [-0.1, -0.05) is 24.3 Å². The van der Waals surface area contributed by atoms with Gasteiger partial charge in [0.25, 0.3) is 5.69 Å². The van der Waals surface area contributed by atoms with Crippen LogP contribution in [0, 0.1) is 15.5 Å². The first kappa shape index (κ1) is 11.9. The molecule has 0 radical (unpaired) electrons. The van der Waals surface area contributed by atoms with Crippen molar-refractivity contribution in [2.75, 3.05) is 0 Å².